The Morgan fingerprint density at radius 1 is 1.21 bits per heavy atom. The van der Waals surface area contributed by atoms with Crippen molar-refractivity contribution in [3.63, 3.8) is 0 Å². The van der Waals surface area contributed by atoms with E-state index >= 15 is 0 Å². The molecule has 1 aromatic rings. The highest BCUT2D eigenvalue weighted by Gasteiger charge is 2.55. The first-order valence-electron chi connectivity index (χ1n) is 11.7. The van der Waals surface area contributed by atoms with Crippen molar-refractivity contribution < 1.29 is 4.79 Å². The third-order valence-electron chi connectivity index (χ3n) is 7.55. The molecule has 0 bridgehead atoms. The number of hydrogen-bond acceptors (Lipinski definition) is 2. The van der Waals surface area contributed by atoms with Gasteiger partial charge < -0.3 is 15.5 Å². The smallest absolute Gasteiger partial charge is 0.225 e. The summed E-state index contributed by atoms with van der Waals surface area (Å²) < 4.78 is 0. The van der Waals surface area contributed by atoms with E-state index in [4.69, 9.17) is 4.99 Å². The molecule has 4 atom stereocenters. The minimum absolute atomic E-state index is 0.285. The molecule has 29 heavy (non-hydrogen) atoms. The van der Waals surface area contributed by atoms with E-state index in [0.29, 0.717) is 17.9 Å². The molecule has 2 N–H and O–H groups in total. The predicted octanol–water partition coefficient (Wildman–Crippen LogP) is 2.92. The van der Waals surface area contributed by atoms with Gasteiger partial charge in [-0.3, -0.25) is 9.79 Å². The summed E-state index contributed by atoms with van der Waals surface area (Å²) in [6, 6.07) is 9.24. The van der Waals surface area contributed by atoms with Crippen molar-refractivity contribution in [3.8, 4) is 0 Å². The standard InChI is InChI=1S/C24H34N4O/c1-2-25-24(26-14-21-20-13-17-9-5-6-10-19(17)22(20)21)27-18-11-12-28(15-18)23(29)16-7-3-4-8-16/h5-6,9-10,16,18,20-22H,2-4,7-8,11-15H2,1H3,(H2,25,26,27). The molecule has 0 spiro atoms. The highest BCUT2D eigenvalue weighted by Crippen LogP contribution is 2.61. The third-order valence-corrected chi connectivity index (χ3v) is 7.55. The van der Waals surface area contributed by atoms with Gasteiger partial charge in [0.25, 0.3) is 0 Å². The minimum Gasteiger partial charge on any atom is -0.357 e. The number of carbonyl (C=O) groups excluding carboxylic acids is 1. The van der Waals surface area contributed by atoms with Gasteiger partial charge in [-0.1, -0.05) is 37.1 Å². The number of benzene rings is 1. The van der Waals surface area contributed by atoms with Crippen molar-refractivity contribution in [2.75, 3.05) is 26.2 Å². The van der Waals surface area contributed by atoms with Gasteiger partial charge in [-0.25, -0.2) is 0 Å². The predicted molar refractivity (Wildman–Crippen MR) is 116 cm³/mol. The molecular formula is C24H34N4O. The summed E-state index contributed by atoms with van der Waals surface area (Å²) in [6.07, 6.45) is 6.86. The van der Waals surface area contributed by atoms with Crippen LogP contribution < -0.4 is 10.6 Å². The average Bonchev–Trinajstić information content (AvgIpc) is 3.23. The fourth-order valence-corrected chi connectivity index (χ4v) is 5.95. The number of rotatable bonds is 5. The molecule has 0 aromatic heterocycles. The summed E-state index contributed by atoms with van der Waals surface area (Å²) >= 11 is 0. The van der Waals surface area contributed by atoms with Crippen LogP contribution in [-0.2, 0) is 11.2 Å². The Labute approximate surface area is 174 Å². The minimum atomic E-state index is 0.285. The van der Waals surface area contributed by atoms with E-state index in [0.717, 1.165) is 63.2 Å². The van der Waals surface area contributed by atoms with E-state index < -0.39 is 0 Å². The van der Waals surface area contributed by atoms with Crippen LogP contribution in [0.2, 0.25) is 0 Å². The fourth-order valence-electron chi connectivity index (χ4n) is 5.95. The lowest BCUT2D eigenvalue weighted by atomic mass is 10.0. The van der Waals surface area contributed by atoms with Crippen LogP contribution >= 0.6 is 0 Å². The Kier molecular flexibility index (Phi) is 5.23. The molecule has 5 heteroatoms. The van der Waals surface area contributed by atoms with Crippen molar-refractivity contribution in [2.24, 2.45) is 22.7 Å². The monoisotopic (exact) mass is 394 g/mol. The van der Waals surface area contributed by atoms with Crippen molar-refractivity contribution in [1.29, 1.82) is 0 Å². The van der Waals surface area contributed by atoms with Gasteiger partial charge in [-0.15, -0.1) is 0 Å². The normalized spacial score (nSPS) is 30.9. The first-order valence-corrected chi connectivity index (χ1v) is 11.7. The van der Waals surface area contributed by atoms with Crippen molar-refractivity contribution >= 4 is 11.9 Å². The largest absolute Gasteiger partial charge is 0.357 e. The van der Waals surface area contributed by atoms with E-state index in [-0.39, 0.29) is 5.92 Å². The first-order chi connectivity index (χ1) is 14.2. The van der Waals surface area contributed by atoms with Crippen molar-refractivity contribution in [2.45, 2.75) is 57.4 Å². The lowest BCUT2D eigenvalue weighted by Crippen LogP contribution is -2.45. The van der Waals surface area contributed by atoms with Crippen LogP contribution in [0.15, 0.2) is 29.3 Å². The van der Waals surface area contributed by atoms with Crippen LogP contribution in [0.4, 0.5) is 0 Å². The molecule has 156 valence electrons. The molecule has 0 radical (unpaired) electrons. The summed E-state index contributed by atoms with van der Waals surface area (Å²) in [6.45, 7) is 5.59. The Hall–Kier alpha value is -2.04. The fraction of sp³-hybridized carbons (Fsp3) is 0.667. The van der Waals surface area contributed by atoms with E-state index in [1.807, 2.05) is 0 Å². The van der Waals surface area contributed by atoms with Gasteiger partial charge in [0.2, 0.25) is 5.91 Å². The van der Waals surface area contributed by atoms with Gasteiger partial charge in [0, 0.05) is 38.1 Å². The van der Waals surface area contributed by atoms with Crippen LogP contribution in [0.25, 0.3) is 0 Å². The topological polar surface area (TPSA) is 56.7 Å². The molecule has 1 heterocycles. The van der Waals surface area contributed by atoms with Gasteiger partial charge in [0.15, 0.2) is 5.96 Å². The average molecular weight is 395 g/mol. The first kappa shape index (κ1) is 19.0. The quantitative estimate of drug-likeness (QED) is 0.596. The molecule has 3 aliphatic carbocycles. The van der Waals surface area contributed by atoms with Crippen molar-refractivity contribution in [1.82, 2.24) is 15.5 Å². The number of nitrogens with zero attached hydrogens (tertiary/aromatic N) is 2. The maximum Gasteiger partial charge on any atom is 0.225 e. The summed E-state index contributed by atoms with van der Waals surface area (Å²) in [4.78, 5) is 19.7. The Morgan fingerprint density at radius 2 is 2.03 bits per heavy atom. The van der Waals surface area contributed by atoms with Crippen LogP contribution in [0, 0.1) is 17.8 Å². The van der Waals surface area contributed by atoms with Crippen LogP contribution in [0.3, 0.4) is 0 Å². The molecule has 1 amide bonds. The number of carbonyl (C=O) groups is 1. The molecule has 4 unspecified atom stereocenters. The van der Waals surface area contributed by atoms with E-state index in [9.17, 15) is 4.79 Å². The number of likely N-dealkylation sites (tertiary alicyclic amines) is 1. The summed E-state index contributed by atoms with van der Waals surface area (Å²) in [5.74, 6) is 3.81. The van der Waals surface area contributed by atoms with Crippen LogP contribution in [-0.4, -0.2) is 49.0 Å². The number of hydrogen-bond donors (Lipinski definition) is 2. The lowest BCUT2D eigenvalue weighted by Gasteiger charge is -2.21. The van der Waals surface area contributed by atoms with Gasteiger partial charge >= 0.3 is 0 Å². The maximum atomic E-state index is 12.7. The number of nitrogens with one attached hydrogen (secondary N) is 2. The van der Waals surface area contributed by atoms with E-state index in [1.54, 1.807) is 11.1 Å². The second-order valence-corrected chi connectivity index (χ2v) is 9.37. The zero-order chi connectivity index (χ0) is 19.8. The summed E-state index contributed by atoms with van der Waals surface area (Å²) in [5.41, 5.74) is 3.11. The molecule has 5 nitrogen and oxygen atoms in total. The van der Waals surface area contributed by atoms with Crippen LogP contribution in [0.1, 0.15) is 56.1 Å². The van der Waals surface area contributed by atoms with Gasteiger partial charge in [0.05, 0.1) is 0 Å². The number of guanidine groups is 1. The second kappa shape index (κ2) is 8.00. The lowest BCUT2D eigenvalue weighted by molar-refractivity contribution is -0.134. The zero-order valence-electron chi connectivity index (χ0n) is 17.6. The molecular weight excluding hydrogens is 360 g/mol. The Balaban J connectivity index is 1.15. The Bertz CT molecular complexity index is 785. The van der Waals surface area contributed by atoms with Crippen molar-refractivity contribution in [3.05, 3.63) is 35.4 Å². The van der Waals surface area contributed by atoms with Gasteiger partial charge in [0.1, 0.15) is 0 Å². The Morgan fingerprint density at radius 3 is 2.86 bits per heavy atom. The zero-order valence-corrected chi connectivity index (χ0v) is 17.6. The highest BCUT2D eigenvalue weighted by molar-refractivity contribution is 5.81. The maximum absolute atomic E-state index is 12.7. The van der Waals surface area contributed by atoms with Gasteiger partial charge in [-0.05, 0) is 61.5 Å². The number of fused-ring (bicyclic) bond motifs is 3. The molecule has 1 aromatic carbocycles. The van der Waals surface area contributed by atoms with Gasteiger partial charge in [-0.2, -0.15) is 0 Å². The highest BCUT2D eigenvalue weighted by atomic mass is 16.2. The molecule has 5 rings (SSSR count). The SMILES string of the molecule is CCNC(=NCC1C2Cc3ccccc3C12)NC1CCN(C(=O)C2CCCC2)C1. The molecule has 2 saturated carbocycles. The summed E-state index contributed by atoms with van der Waals surface area (Å²) in [5, 5.41) is 7.02. The van der Waals surface area contributed by atoms with E-state index in [2.05, 4.69) is 46.7 Å². The molecule has 1 aliphatic heterocycles. The second-order valence-electron chi connectivity index (χ2n) is 9.37. The third kappa shape index (κ3) is 3.76. The van der Waals surface area contributed by atoms with Crippen LogP contribution in [0.5, 0.6) is 0 Å². The molecule has 4 aliphatic rings. The molecule has 1 saturated heterocycles. The summed E-state index contributed by atoms with van der Waals surface area (Å²) in [7, 11) is 0. The van der Waals surface area contributed by atoms with E-state index in [1.165, 1.54) is 19.3 Å². The number of amides is 1. The number of aliphatic imine (C=N–C) groups is 1. The molecule has 3 fully saturated rings.